The summed E-state index contributed by atoms with van der Waals surface area (Å²) >= 11 is 0. The summed E-state index contributed by atoms with van der Waals surface area (Å²) in [5.41, 5.74) is 0.334. The van der Waals surface area contributed by atoms with Crippen LogP contribution in [0.4, 0.5) is 0 Å². The molecule has 0 radical (unpaired) electrons. The Morgan fingerprint density at radius 2 is 1.95 bits per heavy atom. The summed E-state index contributed by atoms with van der Waals surface area (Å²) in [6.45, 7) is -0.0704. The topological polar surface area (TPSA) is 83.9 Å². The van der Waals surface area contributed by atoms with E-state index in [4.69, 9.17) is 9.84 Å². The lowest BCUT2D eigenvalue weighted by atomic mass is 10.1. The maximum atomic E-state index is 12.1. The third kappa shape index (κ3) is 2.57. The summed E-state index contributed by atoms with van der Waals surface area (Å²) in [6.07, 6.45) is -0.128. The van der Waals surface area contributed by atoms with Crippen LogP contribution in [0.2, 0.25) is 0 Å². The Kier molecular flexibility index (Phi) is 3.50. The molecule has 19 heavy (non-hydrogen) atoms. The first kappa shape index (κ1) is 13.1. The highest BCUT2D eigenvalue weighted by Crippen LogP contribution is 2.21. The quantitative estimate of drug-likeness (QED) is 0.814. The Morgan fingerprint density at radius 3 is 2.42 bits per heavy atom. The van der Waals surface area contributed by atoms with Gasteiger partial charge in [0.05, 0.1) is 13.0 Å². The van der Waals surface area contributed by atoms with E-state index in [0.717, 1.165) is 4.90 Å². The van der Waals surface area contributed by atoms with Gasteiger partial charge in [-0.05, 0) is 24.3 Å². The minimum Gasteiger partial charge on any atom is -0.497 e. The fourth-order valence-corrected chi connectivity index (χ4v) is 1.96. The van der Waals surface area contributed by atoms with Gasteiger partial charge in [-0.3, -0.25) is 19.3 Å². The second-order valence-corrected chi connectivity index (χ2v) is 4.28. The number of benzene rings is 1. The minimum absolute atomic E-state index is 0.0704. The molecule has 1 aromatic rings. The zero-order valence-electron chi connectivity index (χ0n) is 10.3. The second-order valence-electron chi connectivity index (χ2n) is 4.28. The molecule has 2 rings (SSSR count). The molecular formula is C13H13NO5. The Hall–Kier alpha value is -2.37. The predicted molar refractivity (Wildman–Crippen MR) is 64.8 cm³/mol. The van der Waals surface area contributed by atoms with Gasteiger partial charge >= 0.3 is 5.97 Å². The summed E-state index contributed by atoms with van der Waals surface area (Å²) in [5, 5.41) is 8.86. The molecule has 1 unspecified atom stereocenters. The van der Waals surface area contributed by atoms with Crippen molar-refractivity contribution >= 4 is 17.8 Å². The highest BCUT2D eigenvalue weighted by molar-refractivity contribution is 6.06. The molecule has 1 fully saturated rings. The van der Waals surface area contributed by atoms with Gasteiger partial charge in [-0.15, -0.1) is 0 Å². The summed E-state index contributed by atoms with van der Waals surface area (Å²) in [4.78, 5) is 35.6. The van der Waals surface area contributed by atoms with Crippen molar-refractivity contribution in [2.24, 2.45) is 5.92 Å². The molecule has 1 aromatic carbocycles. The monoisotopic (exact) mass is 263 g/mol. The predicted octanol–water partition coefficient (Wildman–Crippen LogP) is 0.768. The van der Waals surface area contributed by atoms with Crippen LogP contribution >= 0.6 is 0 Å². The molecule has 2 amide bonds. The van der Waals surface area contributed by atoms with Gasteiger partial charge in [-0.1, -0.05) is 0 Å². The van der Waals surface area contributed by atoms with Crippen LogP contribution < -0.4 is 4.74 Å². The molecule has 0 bridgehead atoms. The van der Waals surface area contributed by atoms with E-state index in [2.05, 4.69) is 0 Å². The number of carbonyl (C=O) groups is 3. The van der Waals surface area contributed by atoms with Gasteiger partial charge in [0.2, 0.25) is 5.91 Å². The van der Waals surface area contributed by atoms with Gasteiger partial charge in [0, 0.05) is 18.5 Å². The van der Waals surface area contributed by atoms with E-state index >= 15 is 0 Å². The number of imide groups is 1. The molecule has 1 aliphatic heterocycles. The zero-order chi connectivity index (χ0) is 14.0. The number of hydrogen-bond acceptors (Lipinski definition) is 4. The van der Waals surface area contributed by atoms with E-state index in [9.17, 15) is 14.4 Å². The van der Waals surface area contributed by atoms with Crippen molar-refractivity contribution in [3.8, 4) is 5.75 Å². The van der Waals surface area contributed by atoms with Crippen molar-refractivity contribution in [3.05, 3.63) is 29.8 Å². The summed E-state index contributed by atoms with van der Waals surface area (Å²) in [7, 11) is 1.51. The number of carbonyl (C=O) groups excluding carboxylic acids is 2. The number of ether oxygens (including phenoxy) is 1. The van der Waals surface area contributed by atoms with Gasteiger partial charge in [0.25, 0.3) is 5.91 Å². The number of likely N-dealkylation sites (tertiary alicyclic amines) is 1. The average molecular weight is 263 g/mol. The van der Waals surface area contributed by atoms with Crippen molar-refractivity contribution < 1.29 is 24.2 Å². The fraction of sp³-hybridized carbons (Fsp3) is 0.308. The first-order chi connectivity index (χ1) is 9.02. The minimum atomic E-state index is -1.06. The number of methoxy groups -OCH3 is 1. The van der Waals surface area contributed by atoms with Gasteiger partial charge in [-0.2, -0.15) is 0 Å². The SMILES string of the molecule is COc1ccc(C(=O)N2CC(C(=O)O)CC2=O)cc1. The van der Waals surface area contributed by atoms with Crippen LogP contribution in [0, 0.1) is 5.92 Å². The van der Waals surface area contributed by atoms with Gasteiger partial charge in [0.15, 0.2) is 0 Å². The van der Waals surface area contributed by atoms with Crippen LogP contribution in [-0.4, -0.2) is 41.4 Å². The number of hydrogen-bond donors (Lipinski definition) is 1. The number of nitrogens with zero attached hydrogens (tertiary/aromatic N) is 1. The fourth-order valence-electron chi connectivity index (χ4n) is 1.96. The van der Waals surface area contributed by atoms with Crippen molar-refractivity contribution in [1.29, 1.82) is 0 Å². The number of amides is 2. The van der Waals surface area contributed by atoms with E-state index in [1.807, 2.05) is 0 Å². The lowest BCUT2D eigenvalue weighted by Gasteiger charge is -2.14. The molecule has 0 saturated carbocycles. The maximum absolute atomic E-state index is 12.1. The lowest BCUT2D eigenvalue weighted by Crippen LogP contribution is -2.33. The Bertz CT molecular complexity index is 522. The number of carboxylic acid groups (broad SMARTS) is 1. The zero-order valence-corrected chi connectivity index (χ0v) is 10.3. The van der Waals surface area contributed by atoms with Crippen molar-refractivity contribution in [1.82, 2.24) is 4.90 Å². The standard InChI is InChI=1S/C13H13NO5/c1-19-10-4-2-8(3-5-10)12(16)14-7-9(13(17)18)6-11(14)15/h2-5,9H,6-7H2,1H3,(H,17,18). The van der Waals surface area contributed by atoms with E-state index in [0.29, 0.717) is 11.3 Å². The molecule has 1 N–H and O–H groups in total. The highest BCUT2D eigenvalue weighted by Gasteiger charge is 2.37. The van der Waals surface area contributed by atoms with Crippen LogP contribution in [0.3, 0.4) is 0 Å². The Morgan fingerprint density at radius 1 is 1.32 bits per heavy atom. The second kappa shape index (κ2) is 5.09. The highest BCUT2D eigenvalue weighted by atomic mass is 16.5. The molecule has 0 aromatic heterocycles. The van der Waals surface area contributed by atoms with Crippen LogP contribution in [0.25, 0.3) is 0 Å². The first-order valence-electron chi connectivity index (χ1n) is 5.74. The Labute approximate surface area is 109 Å². The third-order valence-electron chi connectivity index (χ3n) is 3.06. The van der Waals surface area contributed by atoms with E-state index in [1.54, 1.807) is 24.3 Å². The molecule has 1 heterocycles. The first-order valence-corrected chi connectivity index (χ1v) is 5.74. The molecular weight excluding hydrogens is 250 g/mol. The van der Waals surface area contributed by atoms with Crippen LogP contribution in [-0.2, 0) is 9.59 Å². The van der Waals surface area contributed by atoms with Gasteiger partial charge in [0.1, 0.15) is 5.75 Å². The molecule has 1 aliphatic rings. The number of aliphatic carboxylic acids is 1. The summed E-state index contributed by atoms with van der Waals surface area (Å²) < 4.78 is 4.97. The van der Waals surface area contributed by atoms with Crippen LogP contribution in [0.15, 0.2) is 24.3 Å². The molecule has 100 valence electrons. The van der Waals surface area contributed by atoms with Crippen molar-refractivity contribution in [2.75, 3.05) is 13.7 Å². The van der Waals surface area contributed by atoms with E-state index in [-0.39, 0.29) is 13.0 Å². The van der Waals surface area contributed by atoms with Crippen LogP contribution in [0.1, 0.15) is 16.8 Å². The van der Waals surface area contributed by atoms with Gasteiger partial charge in [-0.25, -0.2) is 0 Å². The normalized spacial score (nSPS) is 18.5. The van der Waals surface area contributed by atoms with Crippen molar-refractivity contribution in [2.45, 2.75) is 6.42 Å². The number of rotatable bonds is 3. The smallest absolute Gasteiger partial charge is 0.308 e. The van der Waals surface area contributed by atoms with Crippen LogP contribution in [0.5, 0.6) is 5.75 Å². The molecule has 1 atom stereocenters. The third-order valence-corrected chi connectivity index (χ3v) is 3.06. The molecule has 6 nitrogen and oxygen atoms in total. The van der Waals surface area contributed by atoms with E-state index < -0.39 is 23.7 Å². The molecule has 6 heteroatoms. The number of carboxylic acids is 1. The lowest BCUT2D eigenvalue weighted by molar-refractivity contribution is -0.141. The maximum Gasteiger partial charge on any atom is 0.308 e. The Balaban J connectivity index is 2.15. The molecule has 0 aliphatic carbocycles. The van der Waals surface area contributed by atoms with E-state index in [1.165, 1.54) is 7.11 Å². The van der Waals surface area contributed by atoms with Gasteiger partial charge < -0.3 is 9.84 Å². The largest absolute Gasteiger partial charge is 0.497 e. The molecule has 1 saturated heterocycles. The summed E-state index contributed by atoms with van der Waals surface area (Å²) in [5.74, 6) is -2.19. The van der Waals surface area contributed by atoms with Crippen molar-refractivity contribution in [3.63, 3.8) is 0 Å². The summed E-state index contributed by atoms with van der Waals surface area (Å²) in [6, 6.07) is 6.32. The average Bonchev–Trinajstić information content (AvgIpc) is 2.80. The molecule has 0 spiro atoms.